The third-order valence-electron chi connectivity index (χ3n) is 3.75. The second-order valence-electron chi connectivity index (χ2n) is 4.43. The molecule has 72 valence electrons. The third-order valence-corrected chi connectivity index (χ3v) is 3.75. The fourth-order valence-corrected chi connectivity index (χ4v) is 3.00. The van der Waals surface area contributed by atoms with Crippen LogP contribution in [-0.4, -0.2) is 36.1 Å². The summed E-state index contributed by atoms with van der Waals surface area (Å²) in [6.45, 7) is 1.78. The molecule has 3 heteroatoms. The van der Waals surface area contributed by atoms with Gasteiger partial charge in [0.2, 0.25) is 5.91 Å². The van der Waals surface area contributed by atoms with Crippen LogP contribution in [0.5, 0.6) is 0 Å². The van der Waals surface area contributed by atoms with E-state index in [1.807, 2.05) is 4.90 Å². The van der Waals surface area contributed by atoms with Crippen molar-refractivity contribution in [2.75, 3.05) is 13.2 Å². The topological polar surface area (TPSA) is 29.5 Å². The van der Waals surface area contributed by atoms with Gasteiger partial charge >= 0.3 is 0 Å². The zero-order valence-corrected chi connectivity index (χ0v) is 7.74. The van der Waals surface area contributed by atoms with Crippen LogP contribution in [0.25, 0.3) is 0 Å². The van der Waals surface area contributed by atoms with Crippen LogP contribution in [0.2, 0.25) is 0 Å². The van der Waals surface area contributed by atoms with Crippen LogP contribution >= 0.6 is 0 Å². The lowest BCUT2D eigenvalue weighted by Crippen LogP contribution is -2.47. The number of rotatable bonds is 0. The Balaban J connectivity index is 1.79. The van der Waals surface area contributed by atoms with Crippen LogP contribution in [0.4, 0.5) is 0 Å². The van der Waals surface area contributed by atoms with Crippen molar-refractivity contribution < 1.29 is 9.53 Å². The molecule has 1 amide bonds. The Morgan fingerprint density at radius 3 is 3.23 bits per heavy atom. The van der Waals surface area contributed by atoms with Gasteiger partial charge in [0.05, 0.1) is 6.10 Å². The molecule has 3 aliphatic heterocycles. The largest absolute Gasteiger partial charge is 0.376 e. The first-order chi connectivity index (χ1) is 6.34. The average molecular weight is 181 g/mol. The van der Waals surface area contributed by atoms with E-state index in [2.05, 4.69) is 0 Å². The second-order valence-corrected chi connectivity index (χ2v) is 4.43. The molecule has 0 aliphatic carbocycles. The van der Waals surface area contributed by atoms with Crippen LogP contribution < -0.4 is 0 Å². The highest BCUT2D eigenvalue weighted by Gasteiger charge is 2.43. The summed E-state index contributed by atoms with van der Waals surface area (Å²) in [7, 11) is 0. The third kappa shape index (κ3) is 1.10. The summed E-state index contributed by atoms with van der Waals surface area (Å²) in [4.78, 5) is 13.5. The van der Waals surface area contributed by atoms with Gasteiger partial charge in [-0.15, -0.1) is 0 Å². The molecule has 0 aromatic carbocycles. The van der Waals surface area contributed by atoms with Crippen LogP contribution in [0, 0.1) is 5.92 Å². The van der Waals surface area contributed by atoms with Crippen molar-refractivity contribution in [2.45, 2.75) is 37.8 Å². The normalized spacial score (nSPS) is 43.5. The Bertz CT molecular complexity index is 241. The fraction of sp³-hybridized carbons (Fsp3) is 0.900. The molecular weight excluding hydrogens is 166 g/mol. The van der Waals surface area contributed by atoms with Crippen molar-refractivity contribution in [3.63, 3.8) is 0 Å². The van der Waals surface area contributed by atoms with Crippen molar-refractivity contribution in [1.29, 1.82) is 0 Å². The molecule has 0 spiro atoms. The number of hydrogen-bond acceptors (Lipinski definition) is 2. The molecule has 0 aromatic rings. The second kappa shape index (κ2) is 2.71. The molecule has 0 radical (unpaired) electrons. The zero-order valence-electron chi connectivity index (χ0n) is 7.74. The van der Waals surface area contributed by atoms with Gasteiger partial charge in [0.1, 0.15) is 0 Å². The highest BCUT2D eigenvalue weighted by molar-refractivity contribution is 5.79. The first-order valence-electron chi connectivity index (χ1n) is 5.25. The van der Waals surface area contributed by atoms with Gasteiger partial charge in [-0.2, -0.15) is 0 Å². The maximum atomic E-state index is 11.5. The number of nitrogens with zero attached hydrogens (tertiary/aromatic N) is 1. The highest BCUT2D eigenvalue weighted by atomic mass is 16.5. The standard InChI is InChI=1S/C10H15NO2/c12-10-2-1-8-5-7-3-4-13-9(7)6-11(8)10/h7-9H,1-6H2/t7-,8+,9-/m1/s1. The average Bonchev–Trinajstić information content (AvgIpc) is 2.70. The summed E-state index contributed by atoms with van der Waals surface area (Å²) in [5.74, 6) is 1.09. The Hall–Kier alpha value is -0.570. The molecule has 0 unspecified atom stereocenters. The van der Waals surface area contributed by atoms with E-state index in [0.717, 1.165) is 31.9 Å². The molecule has 3 nitrogen and oxygen atoms in total. The monoisotopic (exact) mass is 181 g/mol. The summed E-state index contributed by atoms with van der Waals surface area (Å²) in [6, 6.07) is 0.551. The van der Waals surface area contributed by atoms with Crippen LogP contribution in [-0.2, 0) is 9.53 Å². The van der Waals surface area contributed by atoms with E-state index < -0.39 is 0 Å². The van der Waals surface area contributed by atoms with E-state index in [4.69, 9.17) is 4.74 Å². The van der Waals surface area contributed by atoms with E-state index in [0.29, 0.717) is 18.1 Å². The molecule has 3 aliphatic rings. The van der Waals surface area contributed by atoms with Gasteiger partial charge < -0.3 is 9.64 Å². The van der Waals surface area contributed by atoms with Gasteiger partial charge in [0.15, 0.2) is 0 Å². The van der Waals surface area contributed by atoms with E-state index in [-0.39, 0.29) is 0 Å². The van der Waals surface area contributed by atoms with Gasteiger partial charge in [-0.1, -0.05) is 0 Å². The number of carbonyl (C=O) groups excluding carboxylic acids is 1. The lowest BCUT2D eigenvalue weighted by atomic mass is 9.88. The van der Waals surface area contributed by atoms with Gasteiger partial charge in [0.25, 0.3) is 0 Å². The number of hydrogen-bond donors (Lipinski definition) is 0. The maximum absolute atomic E-state index is 11.5. The lowest BCUT2D eigenvalue weighted by Gasteiger charge is -2.36. The molecule has 13 heavy (non-hydrogen) atoms. The van der Waals surface area contributed by atoms with Crippen molar-refractivity contribution >= 4 is 5.91 Å². The maximum Gasteiger partial charge on any atom is 0.222 e. The smallest absolute Gasteiger partial charge is 0.222 e. The first kappa shape index (κ1) is 7.80. The predicted octanol–water partition coefficient (Wildman–Crippen LogP) is 0.786. The van der Waals surface area contributed by atoms with E-state index >= 15 is 0 Å². The molecule has 0 bridgehead atoms. The summed E-state index contributed by atoms with van der Waals surface area (Å²) in [5, 5.41) is 0. The summed E-state index contributed by atoms with van der Waals surface area (Å²) in [5.41, 5.74) is 0. The lowest BCUT2D eigenvalue weighted by molar-refractivity contribution is -0.132. The molecule has 3 rings (SSSR count). The van der Waals surface area contributed by atoms with E-state index in [9.17, 15) is 4.79 Å². The number of carbonyl (C=O) groups is 1. The van der Waals surface area contributed by atoms with Crippen molar-refractivity contribution in [3.8, 4) is 0 Å². The van der Waals surface area contributed by atoms with Crippen LogP contribution in [0.1, 0.15) is 25.7 Å². The molecule has 3 saturated heterocycles. The van der Waals surface area contributed by atoms with E-state index in [1.165, 1.54) is 12.8 Å². The van der Waals surface area contributed by atoms with Crippen LogP contribution in [0.3, 0.4) is 0 Å². The summed E-state index contributed by atoms with van der Waals surface area (Å²) < 4.78 is 5.62. The molecule has 3 fully saturated rings. The van der Waals surface area contributed by atoms with Crippen LogP contribution in [0.15, 0.2) is 0 Å². The minimum atomic E-state index is 0.346. The number of piperidine rings is 1. The van der Waals surface area contributed by atoms with Crippen molar-refractivity contribution in [2.24, 2.45) is 5.92 Å². The van der Waals surface area contributed by atoms with Gasteiger partial charge in [-0.05, 0) is 25.2 Å². The van der Waals surface area contributed by atoms with E-state index in [1.54, 1.807) is 0 Å². The molecule has 0 saturated carbocycles. The molecule has 3 atom stereocenters. The summed E-state index contributed by atoms with van der Waals surface area (Å²) >= 11 is 0. The molecular formula is C10H15NO2. The fourth-order valence-electron chi connectivity index (χ4n) is 3.00. The first-order valence-corrected chi connectivity index (χ1v) is 5.25. The number of fused-ring (bicyclic) bond motifs is 2. The van der Waals surface area contributed by atoms with Gasteiger partial charge in [-0.3, -0.25) is 4.79 Å². The quantitative estimate of drug-likeness (QED) is 0.553. The van der Waals surface area contributed by atoms with Crippen molar-refractivity contribution in [1.82, 2.24) is 4.90 Å². The zero-order chi connectivity index (χ0) is 8.84. The Morgan fingerprint density at radius 1 is 1.38 bits per heavy atom. The minimum absolute atomic E-state index is 0.346. The summed E-state index contributed by atoms with van der Waals surface area (Å²) in [6.07, 6.45) is 4.62. The van der Waals surface area contributed by atoms with Crippen molar-refractivity contribution in [3.05, 3.63) is 0 Å². The SMILES string of the molecule is O=C1CC[C@H]2C[C@H]3CCO[C@@H]3CN12. The highest BCUT2D eigenvalue weighted by Crippen LogP contribution is 2.37. The van der Waals surface area contributed by atoms with Gasteiger partial charge in [0, 0.05) is 25.6 Å². The Labute approximate surface area is 78.0 Å². The van der Waals surface area contributed by atoms with Gasteiger partial charge in [-0.25, -0.2) is 0 Å². The molecule has 3 heterocycles. The minimum Gasteiger partial charge on any atom is -0.376 e. The molecule has 0 aromatic heterocycles. The Morgan fingerprint density at radius 2 is 2.31 bits per heavy atom. The number of ether oxygens (including phenoxy) is 1. The number of amides is 1. The predicted molar refractivity (Wildman–Crippen MR) is 47.2 cm³/mol. The Kier molecular flexibility index (Phi) is 1.62. The molecule has 0 N–H and O–H groups in total.